The molecule has 0 fully saturated rings. The summed E-state index contributed by atoms with van der Waals surface area (Å²) in [6, 6.07) is 15.9. The van der Waals surface area contributed by atoms with Crippen LogP contribution in [0, 0.1) is 0 Å². The molecule has 3 rings (SSSR count). The van der Waals surface area contributed by atoms with Gasteiger partial charge in [-0.3, -0.25) is 0 Å². The summed E-state index contributed by atoms with van der Waals surface area (Å²) in [6.45, 7) is 4.62. The van der Waals surface area contributed by atoms with E-state index in [0.29, 0.717) is 31.8 Å². The van der Waals surface area contributed by atoms with E-state index in [1.54, 1.807) is 0 Å². The lowest BCUT2D eigenvalue weighted by Gasteiger charge is -2.35. The average molecular weight is 340 g/mol. The maximum absolute atomic E-state index is 12.4. The highest BCUT2D eigenvalue weighted by Gasteiger charge is 2.43. The number of carbonyl (C=O) groups is 1. The highest BCUT2D eigenvalue weighted by molar-refractivity contribution is 5.80. The van der Waals surface area contributed by atoms with Crippen molar-refractivity contribution >= 4 is 5.97 Å². The minimum atomic E-state index is -0.888. The molecule has 1 atom stereocenters. The molecule has 0 amide bonds. The molecular weight excluding hydrogens is 316 g/mol. The van der Waals surface area contributed by atoms with Crippen LogP contribution >= 0.6 is 0 Å². The van der Waals surface area contributed by atoms with Crippen LogP contribution < -0.4 is 9.47 Å². The summed E-state index contributed by atoms with van der Waals surface area (Å²) in [5.41, 5.74) is 1.32. The molecule has 1 unspecified atom stereocenters. The largest absolute Gasteiger partial charge is 0.489 e. The second-order valence-corrected chi connectivity index (χ2v) is 6.21. The van der Waals surface area contributed by atoms with Gasteiger partial charge in [0.15, 0.2) is 0 Å². The first-order valence-electron chi connectivity index (χ1n) is 8.83. The van der Waals surface area contributed by atoms with Crippen molar-refractivity contribution in [1.82, 2.24) is 0 Å². The van der Waals surface area contributed by atoms with Gasteiger partial charge in [0.2, 0.25) is 5.60 Å². The molecule has 4 nitrogen and oxygen atoms in total. The molecule has 1 aliphatic heterocycles. The summed E-state index contributed by atoms with van der Waals surface area (Å²) < 4.78 is 17.2. The third kappa shape index (κ3) is 3.78. The van der Waals surface area contributed by atoms with Gasteiger partial charge in [0, 0.05) is 12.5 Å². The van der Waals surface area contributed by atoms with Gasteiger partial charge in [-0.2, -0.15) is 0 Å². The van der Waals surface area contributed by atoms with Gasteiger partial charge < -0.3 is 14.2 Å². The van der Waals surface area contributed by atoms with E-state index in [1.807, 2.05) is 62.4 Å². The van der Waals surface area contributed by atoms with Gasteiger partial charge in [-0.05, 0) is 37.0 Å². The van der Waals surface area contributed by atoms with E-state index >= 15 is 0 Å². The second kappa shape index (κ2) is 7.60. The van der Waals surface area contributed by atoms with Gasteiger partial charge in [-0.25, -0.2) is 4.79 Å². The van der Waals surface area contributed by atoms with Crippen molar-refractivity contribution in [3.05, 3.63) is 59.7 Å². The molecule has 0 saturated heterocycles. The summed E-state index contributed by atoms with van der Waals surface area (Å²) in [4.78, 5) is 12.4. The number of rotatable bonds is 6. The Bertz CT molecular complexity index is 726. The molecule has 4 heteroatoms. The molecule has 0 aromatic heterocycles. The fourth-order valence-corrected chi connectivity index (χ4v) is 3.06. The first-order chi connectivity index (χ1) is 12.2. The maximum atomic E-state index is 12.4. The van der Waals surface area contributed by atoms with Crippen molar-refractivity contribution in [2.75, 3.05) is 6.61 Å². The standard InChI is InChI=1S/C21H24O4/c1-3-21(20(22)23-4-2)13-12-17-10-11-18(14-19(17)25-21)24-15-16-8-6-5-7-9-16/h5-11,14H,3-4,12-13,15H2,1-2H3. The Kier molecular flexibility index (Phi) is 5.27. The molecule has 0 aliphatic carbocycles. The van der Waals surface area contributed by atoms with Crippen LogP contribution in [0.5, 0.6) is 11.5 Å². The van der Waals surface area contributed by atoms with Crippen LogP contribution in [0.2, 0.25) is 0 Å². The Morgan fingerprint density at radius 3 is 2.68 bits per heavy atom. The molecule has 25 heavy (non-hydrogen) atoms. The van der Waals surface area contributed by atoms with Crippen molar-refractivity contribution in [3.8, 4) is 11.5 Å². The monoisotopic (exact) mass is 340 g/mol. The Hall–Kier alpha value is -2.49. The van der Waals surface area contributed by atoms with Gasteiger partial charge in [0.05, 0.1) is 6.61 Å². The first-order valence-corrected chi connectivity index (χ1v) is 8.83. The third-order valence-corrected chi connectivity index (χ3v) is 4.61. The fraction of sp³-hybridized carbons (Fsp3) is 0.381. The zero-order valence-corrected chi connectivity index (χ0v) is 14.8. The van der Waals surface area contributed by atoms with Crippen LogP contribution in [-0.2, 0) is 22.6 Å². The third-order valence-electron chi connectivity index (χ3n) is 4.61. The predicted molar refractivity (Wildman–Crippen MR) is 95.8 cm³/mol. The summed E-state index contributed by atoms with van der Waals surface area (Å²) >= 11 is 0. The quantitative estimate of drug-likeness (QED) is 0.735. The molecule has 0 saturated carbocycles. The lowest BCUT2D eigenvalue weighted by Crippen LogP contribution is -2.47. The van der Waals surface area contributed by atoms with Crippen LogP contribution in [0.1, 0.15) is 37.8 Å². The Labute approximate surface area is 148 Å². The van der Waals surface area contributed by atoms with Crippen LogP contribution in [0.3, 0.4) is 0 Å². The fourth-order valence-electron chi connectivity index (χ4n) is 3.06. The minimum absolute atomic E-state index is 0.279. The lowest BCUT2D eigenvalue weighted by molar-refractivity contribution is -0.163. The average Bonchev–Trinajstić information content (AvgIpc) is 2.66. The van der Waals surface area contributed by atoms with Gasteiger partial charge in [-0.1, -0.05) is 43.3 Å². The van der Waals surface area contributed by atoms with Gasteiger partial charge in [-0.15, -0.1) is 0 Å². The van der Waals surface area contributed by atoms with E-state index in [-0.39, 0.29) is 5.97 Å². The molecule has 1 aliphatic rings. The SMILES string of the molecule is CCOC(=O)C1(CC)CCc2ccc(OCc3ccccc3)cc2O1. The summed E-state index contributed by atoms with van der Waals surface area (Å²) in [5, 5.41) is 0. The van der Waals surface area contributed by atoms with Crippen molar-refractivity contribution in [2.45, 2.75) is 45.3 Å². The molecule has 0 spiro atoms. The molecule has 1 heterocycles. The lowest BCUT2D eigenvalue weighted by atomic mass is 9.88. The minimum Gasteiger partial charge on any atom is -0.489 e. The summed E-state index contributed by atoms with van der Waals surface area (Å²) in [5.74, 6) is 1.17. The summed E-state index contributed by atoms with van der Waals surface area (Å²) in [7, 11) is 0. The van der Waals surface area contributed by atoms with Gasteiger partial charge >= 0.3 is 5.97 Å². The summed E-state index contributed by atoms with van der Waals surface area (Å²) in [6.07, 6.45) is 2.01. The molecule has 0 N–H and O–H groups in total. The molecule has 0 radical (unpaired) electrons. The maximum Gasteiger partial charge on any atom is 0.350 e. The number of hydrogen-bond donors (Lipinski definition) is 0. The normalized spacial score (nSPS) is 18.8. The van der Waals surface area contributed by atoms with E-state index < -0.39 is 5.60 Å². The molecule has 2 aromatic rings. The number of benzene rings is 2. The topological polar surface area (TPSA) is 44.8 Å². The van der Waals surface area contributed by atoms with Crippen molar-refractivity contribution in [3.63, 3.8) is 0 Å². The number of hydrogen-bond acceptors (Lipinski definition) is 4. The number of fused-ring (bicyclic) bond motifs is 1. The van der Waals surface area contributed by atoms with E-state index in [1.165, 1.54) is 0 Å². The van der Waals surface area contributed by atoms with E-state index in [9.17, 15) is 4.79 Å². The zero-order valence-electron chi connectivity index (χ0n) is 14.8. The molecular formula is C21H24O4. The van der Waals surface area contributed by atoms with Crippen molar-refractivity contribution < 1.29 is 19.0 Å². The van der Waals surface area contributed by atoms with E-state index in [4.69, 9.17) is 14.2 Å². The van der Waals surface area contributed by atoms with Crippen LogP contribution in [-0.4, -0.2) is 18.2 Å². The van der Waals surface area contributed by atoms with E-state index in [0.717, 1.165) is 23.3 Å². The number of carbonyl (C=O) groups excluding carboxylic acids is 1. The Morgan fingerprint density at radius 2 is 1.96 bits per heavy atom. The number of esters is 1. The van der Waals surface area contributed by atoms with Gasteiger partial charge in [0.25, 0.3) is 0 Å². The Morgan fingerprint density at radius 1 is 1.16 bits per heavy atom. The van der Waals surface area contributed by atoms with Crippen LogP contribution in [0.25, 0.3) is 0 Å². The van der Waals surface area contributed by atoms with Crippen molar-refractivity contribution in [2.24, 2.45) is 0 Å². The Balaban J connectivity index is 1.75. The highest BCUT2D eigenvalue weighted by Crippen LogP contribution is 2.38. The van der Waals surface area contributed by atoms with Crippen molar-refractivity contribution in [1.29, 1.82) is 0 Å². The molecule has 0 bridgehead atoms. The number of aryl methyl sites for hydroxylation is 1. The smallest absolute Gasteiger partial charge is 0.350 e. The van der Waals surface area contributed by atoms with Crippen LogP contribution in [0.15, 0.2) is 48.5 Å². The highest BCUT2D eigenvalue weighted by atomic mass is 16.6. The molecule has 132 valence electrons. The second-order valence-electron chi connectivity index (χ2n) is 6.21. The first kappa shape index (κ1) is 17.3. The predicted octanol–water partition coefficient (Wildman–Crippen LogP) is 4.30. The number of ether oxygens (including phenoxy) is 3. The van der Waals surface area contributed by atoms with Gasteiger partial charge in [0.1, 0.15) is 18.1 Å². The molecule has 2 aromatic carbocycles. The van der Waals surface area contributed by atoms with Crippen LogP contribution in [0.4, 0.5) is 0 Å². The van der Waals surface area contributed by atoms with E-state index in [2.05, 4.69) is 0 Å². The zero-order chi connectivity index (χ0) is 17.7.